The van der Waals surface area contributed by atoms with E-state index in [4.69, 9.17) is 4.74 Å². The van der Waals surface area contributed by atoms with Crippen molar-refractivity contribution in [2.24, 2.45) is 17.3 Å². The molecule has 1 saturated carbocycles. The Morgan fingerprint density at radius 1 is 1.30 bits per heavy atom. The van der Waals surface area contributed by atoms with Gasteiger partial charge in [-0.25, -0.2) is 0 Å². The Balaban J connectivity index is 2.90. The normalized spacial score (nSPS) is 32.5. The van der Waals surface area contributed by atoms with Gasteiger partial charge < -0.3 is 9.84 Å². The van der Waals surface area contributed by atoms with E-state index >= 15 is 0 Å². The van der Waals surface area contributed by atoms with Gasteiger partial charge in [-0.05, 0) is 51.4 Å². The first kappa shape index (κ1) is 17.2. The lowest BCUT2D eigenvalue weighted by molar-refractivity contribution is -0.161. The van der Waals surface area contributed by atoms with Gasteiger partial charge in [0.1, 0.15) is 0 Å². The standard InChI is InChI=1S/C17H30O3/c1-12(2)7-8-14-9-10-17(6,19)15(16(14,4)5)11-20-13(3)18/h7,14-15,19H,8-11H2,1-6H3/t14-,15+,17+/m0/s1. The third-order valence-corrected chi connectivity index (χ3v) is 4.96. The molecule has 0 aromatic carbocycles. The van der Waals surface area contributed by atoms with E-state index in [0.29, 0.717) is 12.5 Å². The fourth-order valence-corrected chi connectivity index (χ4v) is 3.49. The van der Waals surface area contributed by atoms with Crippen LogP contribution in [0, 0.1) is 17.3 Å². The second-order valence-corrected chi connectivity index (χ2v) is 7.29. The van der Waals surface area contributed by atoms with Gasteiger partial charge in [-0.15, -0.1) is 0 Å². The SMILES string of the molecule is CC(=O)OC[C@@H]1C(C)(C)[C@@H](CC=C(C)C)CC[C@@]1(C)O. The number of hydrogen-bond acceptors (Lipinski definition) is 3. The first-order valence-corrected chi connectivity index (χ1v) is 7.56. The summed E-state index contributed by atoms with van der Waals surface area (Å²) >= 11 is 0. The molecule has 1 N–H and O–H groups in total. The minimum atomic E-state index is -0.763. The molecular weight excluding hydrogens is 252 g/mol. The van der Waals surface area contributed by atoms with Gasteiger partial charge in [0.05, 0.1) is 12.2 Å². The van der Waals surface area contributed by atoms with Crippen molar-refractivity contribution in [1.29, 1.82) is 0 Å². The molecule has 116 valence electrons. The van der Waals surface area contributed by atoms with Crippen molar-refractivity contribution in [3.63, 3.8) is 0 Å². The highest BCUT2D eigenvalue weighted by molar-refractivity contribution is 5.65. The Kier molecular flexibility index (Phi) is 5.42. The van der Waals surface area contributed by atoms with Crippen LogP contribution in [0.25, 0.3) is 0 Å². The highest BCUT2D eigenvalue weighted by atomic mass is 16.5. The number of aliphatic hydroxyl groups is 1. The van der Waals surface area contributed by atoms with Gasteiger partial charge in [0, 0.05) is 12.8 Å². The monoisotopic (exact) mass is 282 g/mol. The molecule has 20 heavy (non-hydrogen) atoms. The zero-order valence-corrected chi connectivity index (χ0v) is 13.8. The van der Waals surface area contributed by atoms with Gasteiger partial charge >= 0.3 is 5.97 Å². The molecule has 0 aromatic heterocycles. The molecule has 0 aliphatic heterocycles. The van der Waals surface area contributed by atoms with Gasteiger partial charge in [0.2, 0.25) is 0 Å². The van der Waals surface area contributed by atoms with E-state index in [9.17, 15) is 9.90 Å². The maximum absolute atomic E-state index is 11.1. The summed E-state index contributed by atoms with van der Waals surface area (Å²) < 4.78 is 5.21. The van der Waals surface area contributed by atoms with Gasteiger partial charge in [0.25, 0.3) is 0 Å². The number of ether oxygens (including phenoxy) is 1. The van der Waals surface area contributed by atoms with E-state index in [2.05, 4.69) is 33.8 Å². The van der Waals surface area contributed by atoms with Crippen molar-refractivity contribution < 1.29 is 14.6 Å². The van der Waals surface area contributed by atoms with Crippen molar-refractivity contribution in [1.82, 2.24) is 0 Å². The third kappa shape index (κ3) is 4.08. The quantitative estimate of drug-likeness (QED) is 0.631. The molecule has 0 saturated heterocycles. The molecule has 3 nitrogen and oxygen atoms in total. The highest BCUT2D eigenvalue weighted by Crippen LogP contribution is 2.51. The smallest absolute Gasteiger partial charge is 0.302 e. The Morgan fingerprint density at radius 3 is 2.40 bits per heavy atom. The van der Waals surface area contributed by atoms with Crippen LogP contribution >= 0.6 is 0 Å². The summed E-state index contributed by atoms with van der Waals surface area (Å²) in [4.78, 5) is 11.1. The molecule has 3 atom stereocenters. The molecular formula is C17H30O3. The fourth-order valence-electron chi connectivity index (χ4n) is 3.49. The molecule has 0 aromatic rings. The first-order chi connectivity index (χ1) is 9.07. The van der Waals surface area contributed by atoms with Crippen molar-refractivity contribution in [2.75, 3.05) is 6.61 Å². The number of allylic oxidation sites excluding steroid dienone is 2. The molecule has 0 spiro atoms. The Morgan fingerprint density at radius 2 is 1.90 bits per heavy atom. The maximum Gasteiger partial charge on any atom is 0.302 e. The van der Waals surface area contributed by atoms with E-state index in [1.807, 2.05) is 6.92 Å². The Bertz CT molecular complexity index is 376. The minimum Gasteiger partial charge on any atom is -0.465 e. The average molecular weight is 282 g/mol. The molecule has 3 heteroatoms. The van der Waals surface area contributed by atoms with E-state index < -0.39 is 5.60 Å². The van der Waals surface area contributed by atoms with Crippen LogP contribution in [0.5, 0.6) is 0 Å². The van der Waals surface area contributed by atoms with Crippen LogP contribution < -0.4 is 0 Å². The number of carbonyl (C=O) groups is 1. The summed E-state index contributed by atoms with van der Waals surface area (Å²) in [5.74, 6) is 0.212. The summed E-state index contributed by atoms with van der Waals surface area (Å²) in [5, 5.41) is 10.7. The summed E-state index contributed by atoms with van der Waals surface area (Å²) in [6.45, 7) is 12.2. The summed E-state index contributed by atoms with van der Waals surface area (Å²) in [6.07, 6.45) is 5.08. The molecule has 0 heterocycles. The Labute approximate surface area is 123 Å². The molecule has 0 bridgehead atoms. The van der Waals surface area contributed by atoms with Crippen LogP contribution in [0.15, 0.2) is 11.6 Å². The lowest BCUT2D eigenvalue weighted by atomic mass is 9.56. The third-order valence-electron chi connectivity index (χ3n) is 4.96. The van der Waals surface area contributed by atoms with Crippen molar-refractivity contribution >= 4 is 5.97 Å². The predicted octanol–water partition coefficient (Wildman–Crippen LogP) is 3.71. The average Bonchev–Trinajstić information content (AvgIpc) is 2.25. The lowest BCUT2D eigenvalue weighted by Crippen LogP contribution is -2.53. The van der Waals surface area contributed by atoms with Crippen LogP contribution in [0.3, 0.4) is 0 Å². The van der Waals surface area contributed by atoms with Crippen molar-refractivity contribution in [3.05, 3.63) is 11.6 Å². The zero-order valence-electron chi connectivity index (χ0n) is 13.8. The van der Waals surface area contributed by atoms with Gasteiger partial charge in [-0.2, -0.15) is 0 Å². The zero-order chi connectivity index (χ0) is 15.6. The van der Waals surface area contributed by atoms with Crippen LogP contribution in [0.1, 0.15) is 60.8 Å². The van der Waals surface area contributed by atoms with Crippen LogP contribution in [-0.2, 0) is 9.53 Å². The van der Waals surface area contributed by atoms with E-state index in [-0.39, 0.29) is 17.3 Å². The van der Waals surface area contributed by atoms with Crippen molar-refractivity contribution in [3.8, 4) is 0 Å². The molecule has 1 rings (SSSR count). The summed E-state index contributed by atoms with van der Waals surface area (Å²) in [6, 6.07) is 0. The summed E-state index contributed by atoms with van der Waals surface area (Å²) in [7, 11) is 0. The van der Waals surface area contributed by atoms with E-state index in [1.54, 1.807) is 0 Å². The first-order valence-electron chi connectivity index (χ1n) is 7.56. The number of carbonyl (C=O) groups excluding carboxylic acids is 1. The minimum absolute atomic E-state index is 0.0248. The molecule has 0 unspecified atom stereocenters. The van der Waals surface area contributed by atoms with Crippen LogP contribution in [0.2, 0.25) is 0 Å². The van der Waals surface area contributed by atoms with Gasteiger partial charge in [-0.3, -0.25) is 4.79 Å². The molecule has 0 radical (unpaired) electrons. The summed E-state index contributed by atoms with van der Waals surface area (Å²) in [5.41, 5.74) is 0.512. The highest BCUT2D eigenvalue weighted by Gasteiger charge is 2.50. The molecule has 1 aliphatic carbocycles. The Hall–Kier alpha value is -0.830. The number of hydrogen-bond donors (Lipinski definition) is 1. The molecule has 0 amide bonds. The van der Waals surface area contributed by atoms with Crippen LogP contribution in [-0.4, -0.2) is 23.3 Å². The molecule has 1 aliphatic rings. The number of esters is 1. The second-order valence-electron chi connectivity index (χ2n) is 7.29. The van der Waals surface area contributed by atoms with Crippen LogP contribution in [0.4, 0.5) is 0 Å². The maximum atomic E-state index is 11.1. The fraction of sp³-hybridized carbons (Fsp3) is 0.824. The molecule has 1 fully saturated rings. The lowest BCUT2D eigenvalue weighted by Gasteiger charge is -2.52. The predicted molar refractivity (Wildman–Crippen MR) is 81.3 cm³/mol. The second kappa shape index (κ2) is 6.30. The van der Waals surface area contributed by atoms with E-state index in [1.165, 1.54) is 12.5 Å². The topological polar surface area (TPSA) is 46.5 Å². The van der Waals surface area contributed by atoms with Gasteiger partial charge in [-0.1, -0.05) is 25.5 Å². The van der Waals surface area contributed by atoms with Crippen molar-refractivity contribution in [2.45, 2.75) is 66.4 Å². The number of rotatable bonds is 4. The van der Waals surface area contributed by atoms with E-state index in [0.717, 1.165) is 19.3 Å². The largest absolute Gasteiger partial charge is 0.465 e. The van der Waals surface area contributed by atoms with Gasteiger partial charge in [0.15, 0.2) is 0 Å².